The zero-order valence-corrected chi connectivity index (χ0v) is 27.6. The standard InChI is InChI=1S/C36H37ClFN3O5S/c1-46-31-18-20-32(21-19-31)47(44,45)41(30-16-9-13-28(37)23-30)25-35(42)40(24-27-12-5-8-17-33(27)38)34(22-26-10-3-2-4-11-26)36(43)39-29-14-6-7-15-29/h2-5,8-13,16-21,23,29,34H,6-7,14-15,22,24-25H2,1H3,(H,39,43). The molecular weight excluding hydrogens is 641 g/mol. The smallest absolute Gasteiger partial charge is 0.264 e. The Labute approximate surface area is 280 Å². The maximum absolute atomic E-state index is 15.1. The molecule has 47 heavy (non-hydrogen) atoms. The van der Waals surface area contributed by atoms with E-state index in [1.54, 1.807) is 30.3 Å². The summed E-state index contributed by atoms with van der Waals surface area (Å²) in [5.41, 5.74) is 1.14. The van der Waals surface area contributed by atoms with Crippen molar-refractivity contribution in [1.82, 2.24) is 10.2 Å². The second-order valence-electron chi connectivity index (χ2n) is 11.5. The molecule has 2 amide bonds. The Morgan fingerprint density at radius 1 is 0.936 bits per heavy atom. The molecule has 5 rings (SSSR count). The van der Waals surface area contributed by atoms with E-state index in [4.69, 9.17) is 16.3 Å². The van der Waals surface area contributed by atoms with Crippen LogP contribution < -0.4 is 14.4 Å². The predicted molar refractivity (Wildman–Crippen MR) is 180 cm³/mol. The number of rotatable bonds is 13. The number of methoxy groups -OCH3 is 1. The van der Waals surface area contributed by atoms with E-state index in [-0.39, 0.29) is 46.1 Å². The molecule has 1 unspecified atom stereocenters. The maximum Gasteiger partial charge on any atom is 0.264 e. The fourth-order valence-corrected chi connectivity index (χ4v) is 7.36. The van der Waals surface area contributed by atoms with Gasteiger partial charge in [-0.3, -0.25) is 13.9 Å². The lowest BCUT2D eigenvalue weighted by molar-refractivity contribution is -0.140. The van der Waals surface area contributed by atoms with Gasteiger partial charge in [0.15, 0.2) is 0 Å². The van der Waals surface area contributed by atoms with E-state index < -0.39 is 34.3 Å². The van der Waals surface area contributed by atoms with E-state index in [0.29, 0.717) is 5.75 Å². The van der Waals surface area contributed by atoms with Crippen LogP contribution in [0.5, 0.6) is 5.75 Å². The predicted octanol–water partition coefficient (Wildman–Crippen LogP) is 6.38. The summed E-state index contributed by atoms with van der Waals surface area (Å²) in [7, 11) is -2.86. The first kappa shape index (κ1) is 33.9. The number of sulfonamides is 1. The second kappa shape index (κ2) is 15.5. The molecule has 0 aliphatic heterocycles. The topological polar surface area (TPSA) is 96.0 Å². The molecule has 0 saturated heterocycles. The number of amides is 2. The van der Waals surface area contributed by atoms with E-state index in [1.807, 2.05) is 30.3 Å². The van der Waals surface area contributed by atoms with Crippen LogP contribution in [0.15, 0.2) is 108 Å². The Kier molecular flexibility index (Phi) is 11.2. The van der Waals surface area contributed by atoms with Gasteiger partial charge in [0.25, 0.3) is 10.0 Å². The van der Waals surface area contributed by atoms with Crippen LogP contribution in [0, 0.1) is 5.82 Å². The fourth-order valence-electron chi connectivity index (χ4n) is 5.77. The van der Waals surface area contributed by atoms with Crippen molar-refractivity contribution in [1.29, 1.82) is 0 Å². The molecule has 1 aliphatic rings. The number of nitrogens with one attached hydrogen (secondary N) is 1. The first-order chi connectivity index (χ1) is 22.7. The lowest BCUT2D eigenvalue weighted by atomic mass is 10.0. The van der Waals surface area contributed by atoms with Gasteiger partial charge < -0.3 is 15.0 Å². The third kappa shape index (κ3) is 8.50. The molecule has 1 fully saturated rings. The van der Waals surface area contributed by atoms with Gasteiger partial charge in [-0.15, -0.1) is 0 Å². The molecule has 1 aliphatic carbocycles. The zero-order valence-electron chi connectivity index (χ0n) is 26.0. The largest absolute Gasteiger partial charge is 0.497 e. The van der Waals surface area contributed by atoms with Gasteiger partial charge in [0, 0.05) is 29.6 Å². The van der Waals surface area contributed by atoms with Crippen LogP contribution in [0.4, 0.5) is 10.1 Å². The number of benzene rings is 4. The summed E-state index contributed by atoms with van der Waals surface area (Å²) in [5, 5.41) is 3.38. The van der Waals surface area contributed by atoms with E-state index in [9.17, 15) is 18.0 Å². The highest BCUT2D eigenvalue weighted by Gasteiger charge is 2.36. The number of anilines is 1. The van der Waals surface area contributed by atoms with Crippen molar-refractivity contribution in [2.45, 2.75) is 55.6 Å². The summed E-state index contributed by atoms with van der Waals surface area (Å²) in [6.45, 7) is -0.932. The van der Waals surface area contributed by atoms with Crippen molar-refractivity contribution in [2.24, 2.45) is 0 Å². The van der Waals surface area contributed by atoms with E-state index >= 15 is 4.39 Å². The average molecular weight is 678 g/mol. The van der Waals surface area contributed by atoms with Gasteiger partial charge in [-0.05, 0) is 66.9 Å². The van der Waals surface area contributed by atoms with Gasteiger partial charge in [-0.1, -0.05) is 79.0 Å². The molecule has 1 atom stereocenters. The van der Waals surface area contributed by atoms with Crippen LogP contribution in [0.2, 0.25) is 5.02 Å². The minimum atomic E-state index is -4.33. The van der Waals surface area contributed by atoms with Crippen molar-refractivity contribution in [3.63, 3.8) is 0 Å². The average Bonchev–Trinajstić information content (AvgIpc) is 3.59. The molecule has 0 spiro atoms. The summed E-state index contributed by atoms with van der Waals surface area (Å²) in [5.74, 6) is -1.15. The zero-order chi connectivity index (χ0) is 33.4. The molecule has 8 nitrogen and oxygen atoms in total. The normalized spacial score (nSPS) is 13.9. The fraction of sp³-hybridized carbons (Fsp3) is 0.278. The van der Waals surface area contributed by atoms with Crippen LogP contribution in [-0.2, 0) is 32.6 Å². The van der Waals surface area contributed by atoms with Gasteiger partial charge in [0.05, 0.1) is 17.7 Å². The SMILES string of the molecule is COc1ccc(S(=O)(=O)N(CC(=O)N(Cc2ccccc2F)C(Cc2ccccc2)C(=O)NC2CCCC2)c2cccc(Cl)c2)cc1. The van der Waals surface area contributed by atoms with Crippen LogP contribution in [0.3, 0.4) is 0 Å². The Morgan fingerprint density at radius 2 is 1.62 bits per heavy atom. The van der Waals surface area contributed by atoms with Crippen LogP contribution in [-0.4, -0.2) is 50.9 Å². The Bertz CT molecular complexity index is 1780. The van der Waals surface area contributed by atoms with Crippen molar-refractivity contribution < 1.29 is 27.1 Å². The van der Waals surface area contributed by atoms with Gasteiger partial charge in [0.1, 0.15) is 24.2 Å². The minimum Gasteiger partial charge on any atom is -0.497 e. The Morgan fingerprint density at radius 3 is 2.28 bits per heavy atom. The summed E-state index contributed by atoms with van der Waals surface area (Å²) in [6, 6.07) is 26.1. The van der Waals surface area contributed by atoms with Crippen molar-refractivity contribution in [3.8, 4) is 5.75 Å². The second-order valence-corrected chi connectivity index (χ2v) is 13.8. The number of ether oxygens (including phenoxy) is 1. The number of hydrogen-bond donors (Lipinski definition) is 1. The molecule has 4 aromatic rings. The lowest BCUT2D eigenvalue weighted by Gasteiger charge is -2.34. The molecule has 0 heterocycles. The van der Waals surface area contributed by atoms with Gasteiger partial charge in [-0.25, -0.2) is 12.8 Å². The molecule has 246 valence electrons. The Hall–Kier alpha value is -4.41. The summed E-state index contributed by atoms with van der Waals surface area (Å²) < 4.78 is 49.6. The summed E-state index contributed by atoms with van der Waals surface area (Å²) in [4.78, 5) is 29.8. The first-order valence-corrected chi connectivity index (χ1v) is 17.3. The van der Waals surface area contributed by atoms with E-state index in [2.05, 4.69) is 5.32 Å². The molecule has 11 heteroatoms. The maximum atomic E-state index is 15.1. The molecular formula is C36H37ClFN3O5S. The number of nitrogens with zero attached hydrogens (tertiary/aromatic N) is 2. The minimum absolute atomic E-state index is 0.0374. The molecule has 0 radical (unpaired) electrons. The lowest BCUT2D eigenvalue weighted by Crippen LogP contribution is -2.54. The van der Waals surface area contributed by atoms with Crippen molar-refractivity contribution in [2.75, 3.05) is 18.0 Å². The Balaban J connectivity index is 1.57. The molecule has 4 aromatic carbocycles. The van der Waals surface area contributed by atoms with Crippen LogP contribution in [0.1, 0.15) is 36.8 Å². The molecule has 0 bridgehead atoms. The molecule has 1 N–H and O–H groups in total. The highest BCUT2D eigenvalue weighted by molar-refractivity contribution is 7.92. The molecule has 0 aromatic heterocycles. The third-order valence-electron chi connectivity index (χ3n) is 8.29. The quantitative estimate of drug-likeness (QED) is 0.177. The number of hydrogen-bond acceptors (Lipinski definition) is 5. The monoisotopic (exact) mass is 677 g/mol. The van der Waals surface area contributed by atoms with E-state index in [1.165, 1.54) is 54.5 Å². The highest BCUT2D eigenvalue weighted by Crippen LogP contribution is 2.28. The van der Waals surface area contributed by atoms with Gasteiger partial charge >= 0.3 is 0 Å². The van der Waals surface area contributed by atoms with Gasteiger partial charge in [0.2, 0.25) is 11.8 Å². The summed E-state index contributed by atoms with van der Waals surface area (Å²) >= 11 is 6.28. The number of carbonyl (C=O) groups excluding carboxylic acids is 2. The summed E-state index contributed by atoms with van der Waals surface area (Å²) in [6.07, 6.45) is 3.78. The van der Waals surface area contributed by atoms with Crippen molar-refractivity contribution in [3.05, 3.63) is 125 Å². The van der Waals surface area contributed by atoms with E-state index in [0.717, 1.165) is 35.6 Å². The molecule has 1 saturated carbocycles. The first-order valence-electron chi connectivity index (χ1n) is 15.5. The van der Waals surface area contributed by atoms with Crippen LogP contribution in [0.25, 0.3) is 0 Å². The number of halogens is 2. The van der Waals surface area contributed by atoms with Crippen LogP contribution >= 0.6 is 11.6 Å². The number of carbonyl (C=O) groups is 2. The van der Waals surface area contributed by atoms with Crippen molar-refractivity contribution >= 4 is 39.1 Å². The third-order valence-corrected chi connectivity index (χ3v) is 10.3. The van der Waals surface area contributed by atoms with Gasteiger partial charge in [-0.2, -0.15) is 0 Å². The highest BCUT2D eigenvalue weighted by atomic mass is 35.5.